The van der Waals surface area contributed by atoms with Gasteiger partial charge in [0, 0.05) is 13.1 Å². The Labute approximate surface area is 124 Å². The maximum absolute atomic E-state index is 12.1. The molecule has 0 radical (unpaired) electrons. The van der Waals surface area contributed by atoms with Crippen LogP contribution in [0.2, 0.25) is 0 Å². The minimum atomic E-state index is -0.489. The van der Waals surface area contributed by atoms with Gasteiger partial charge < -0.3 is 20.5 Å². The van der Waals surface area contributed by atoms with E-state index in [-0.39, 0.29) is 6.04 Å². The van der Waals surface area contributed by atoms with Gasteiger partial charge in [-0.15, -0.1) is 0 Å². The number of nitrogen functional groups attached to an aromatic ring is 1. The summed E-state index contributed by atoms with van der Waals surface area (Å²) in [7, 11) is 1.33. The molecule has 2 rings (SSSR count). The summed E-state index contributed by atoms with van der Waals surface area (Å²) in [4.78, 5) is 14.0. The van der Waals surface area contributed by atoms with E-state index in [1.54, 1.807) is 4.68 Å². The molecule has 1 saturated heterocycles. The fraction of sp³-hybridized carbons (Fsp3) is 0.714. The van der Waals surface area contributed by atoms with E-state index in [1.807, 2.05) is 18.7 Å². The predicted octanol–water partition coefficient (Wildman–Crippen LogP) is 1.18. The number of nitrogens with two attached hydrogens (primary N) is 1. The zero-order valence-electron chi connectivity index (χ0n) is 12.9. The number of carbonyl (C=O) groups excluding carboxylic acids is 1. The molecule has 0 aliphatic carbocycles. The number of esters is 1. The lowest BCUT2D eigenvalue weighted by Gasteiger charge is -2.30. The van der Waals surface area contributed by atoms with E-state index in [0.717, 1.165) is 25.8 Å². The zero-order chi connectivity index (χ0) is 15.6. The standard InChI is InChI=1S/C14H24N4O3/c1-4-9(2)18-12(15)11(14(20)21-3)13(16-18)17-7-5-6-10(19)8-17/h9-10,19H,4-8,15H2,1-3H3. The third kappa shape index (κ3) is 2.97. The van der Waals surface area contributed by atoms with Crippen LogP contribution in [0.3, 0.4) is 0 Å². The Bertz CT molecular complexity index is 515. The smallest absolute Gasteiger partial charge is 0.345 e. The molecule has 3 N–H and O–H groups in total. The van der Waals surface area contributed by atoms with Crippen LogP contribution < -0.4 is 10.6 Å². The second-order valence-electron chi connectivity index (χ2n) is 5.52. The molecular weight excluding hydrogens is 272 g/mol. The van der Waals surface area contributed by atoms with Crippen molar-refractivity contribution in [2.75, 3.05) is 30.8 Å². The molecule has 118 valence electrons. The number of aromatic nitrogens is 2. The normalized spacial score (nSPS) is 20.4. The summed E-state index contributed by atoms with van der Waals surface area (Å²) in [5.74, 6) is 0.349. The van der Waals surface area contributed by atoms with E-state index < -0.39 is 12.1 Å². The van der Waals surface area contributed by atoms with Crippen LogP contribution in [0.5, 0.6) is 0 Å². The number of hydrogen-bond acceptors (Lipinski definition) is 6. The average molecular weight is 296 g/mol. The van der Waals surface area contributed by atoms with Crippen LogP contribution in [-0.2, 0) is 4.74 Å². The first-order valence-corrected chi connectivity index (χ1v) is 7.38. The minimum absolute atomic E-state index is 0.0943. The monoisotopic (exact) mass is 296 g/mol. The molecule has 7 heteroatoms. The van der Waals surface area contributed by atoms with Crippen LogP contribution in [-0.4, -0.2) is 47.2 Å². The number of anilines is 2. The van der Waals surface area contributed by atoms with E-state index in [0.29, 0.717) is 23.7 Å². The van der Waals surface area contributed by atoms with Gasteiger partial charge in [0.2, 0.25) is 0 Å². The first kappa shape index (κ1) is 15.6. The third-order valence-electron chi connectivity index (χ3n) is 4.02. The van der Waals surface area contributed by atoms with Crippen molar-refractivity contribution in [2.45, 2.75) is 45.3 Å². The Morgan fingerprint density at radius 1 is 1.62 bits per heavy atom. The summed E-state index contributed by atoms with van der Waals surface area (Å²) >= 11 is 0. The van der Waals surface area contributed by atoms with Crippen LogP contribution in [0.15, 0.2) is 0 Å². The number of ether oxygens (including phenoxy) is 1. The summed E-state index contributed by atoms with van der Waals surface area (Å²) < 4.78 is 6.51. The van der Waals surface area contributed by atoms with Gasteiger partial charge in [-0.25, -0.2) is 9.48 Å². The van der Waals surface area contributed by atoms with E-state index >= 15 is 0 Å². The summed E-state index contributed by atoms with van der Waals surface area (Å²) in [5.41, 5.74) is 6.41. The quantitative estimate of drug-likeness (QED) is 0.810. The number of nitrogens with zero attached hydrogens (tertiary/aromatic N) is 3. The zero-order valence-corrected chi connectivity index (χ0v) is 12.9. The molecule has 0 amide bonds. The average Bonchev–Trinajstić information content (AvgIpc) is 2.83. The van der Waals surface area contributed by atoms with Crippen molar-refractivity contribution in [1.29, 1.82) is 0 Å². The van der Waals surface area contributed by atoms with E-state index in [9.17, 15) is 9.90 Å². The SMILES string of the molecule is CCC(C)n1nc(N2CCCC(O)C2)c(C(=O)OC)c1N. The molecule has 1 aliphatic heterocycles. The van der Waals surface area contributed by atoms with Gasteiger partial charge in [0.15, 0.2) is 5.82 Å². The van der Waals surface area contributed by atoms with Crippen molar-refractivity contribution in [1.82, 2.24) is 9.78 Å². The number of rotatable bonds is 4. The fourth-order valence-corrected chi connectivity index (χ4v) is 2.61. The van der Waals surface area contributed by atoms with Gasteiger partial charge in [0.1, 0.15) is 11.4 Å². The lowest BCUT2D eigenvalue weighted by molar-refractivity contribution is 0.0602. The Morgan fingerprint density at radius 2 is 2.33 bits per heavy atom. The van der Waals surface area contributed by atoms with Crippen LogP contribution >= 0.6 is 0 Å². The first-order valence-electron chi connectivity index (χ1n) is 7.38. The summed E-state index contributed by atoms with van der Waals surface area (Å²) in [6.07, 6.45) is 2.08. The number of piperidine rings is 1. The van der Waals surface area contributed by atoms with Gasteiger partial charge in [0.05, 0.1) is 19.3 Å². The maximum Gasteiger partial charge on any atom is 0.345 e. The fourth-order valence-electron chi connectivity index (χ4n) is 2.61. The van der Waals surface area contributed by atoms with Crippen LogP contribution in [0.25, 0.3) is 0 Å². The van der Waals surface area contributed by atoms with Crippen molar-refractivity contribution >= 4 is 17.6 Å². The van der Waals surface area contributed by atoms with Gasteiger partial charge in [0.25, 0.3) is 0 Å². The summed E-state index contributed by atoms with van der Waals surface area (Å²) in [6.45, 7) is 5.24. The van der Waals surface area contributed by atoms with Gasteiger partial charge in [-0.1, -0.05) is 6.92 Å². The van der Waals surface area contributed by atoms with Gasteiger partial charge in [-0.3, -0.25) is 0 Å². The molecular formula is C14H24N4O3. The van der Waals surface area contributed by atoms with Crippen LogP contribution in [0.1, 0.15) is 49.5 Å². The third-order valence-corrected chi connectivity index (χ3v) is 4.02. The van der Waals surface area contributed by atoms with Crippen LogP contribution in [0.4, 0.5) is 11.6 Å². The van der Waals surface area contributed by atoms with Gasteiger partial charge >= 0.3 is 5.97 Å². The Morgan fingerprint density at radius 3 is 2.90 bits per heavy atom. The second kappa shape index (κ2) is 6.34. The molecule has 1 fully saturated rings. The van der Waals surface area contributed by atoms with Gasteiger partial charge in [-0.05, 0) is 26.2 Å². The molecule has 2 unspecified atom stereocenters. The van der Waals surface area contributed by atoms with E-state index in [4.69, 9.17) is 10.5 Å². The molecule has 1 aromatic rings. The molecule has 0 bridgehead atoms. The number of methoxy groups -OCH3 is 1. The Hall–Kier alpha value is -1.76. The number of hydrogen-bond donors (Lipinski definition) is 2. The summed E-state index contributed by atoms with van der Waals surface area (Å²) in [5, 5.41) is 14.3. The highest BCUT2D eigenvalue weighted by Gasteiger charge is 2.30. The Kier molecular flexibility index (Phi) is 4.72. The number of carbonyl (C=O) groups is 1. The second-order valence-corrected chi connectivity index (χ2v) is 5.52. The summed E-state index contributed by atoms with van der Waals surface area (Å²) in [6, 6.07) is 0.0943. The molecule has 1 aliphatic rings. The molecule has 7 nitrogen and oxygen atoms in total. The first-order chi connectivity index (χ1) is 9.99. The van der Waals surface area contributed by atoms with E-state index in [1.165, 1.54) is 7.11 Å². The number of β-amino-alcohol motifs (C(OH)–C–C–N with tert-alkyl or cyclic N) is 1. The highest BCUT2D eigenvalue weighted by Crippen LogP contribution is 2.31. The maximum atomic E-state index is 12.1. The molecule has 2 atom stereocenters. The Balaban J connectivity index is 2.45. The van der Waals surface area contributed by atoms with Crippen molar-refractivity contribution in [3.63, 3.8) is 0 Å². The molecule has 21 heavy (non-hydrogen) atoms. The minimum Gasteiger partial charge on any atom is -0.465 e. The van der Waals surface area contributed by atoms with Crippen LogP contribution in [0, 0.1) is 0 Å². The highest BCUT2D eigenvalue weighted by atomic mass is 16.5. The van der Waals surface area contributed by atoms with Crippen molar-refractivity contribution < 1.29 is 14.6 Å². The van der Waals surface area contributed by atoms with Crippen molar-refractivity contribution in [3.8, 4) is 0 Å². The predicted molar refractivity (Wildman–Crippen MR) is 80.4 cm³/mol. The van der Waals surface area contributed by atoms with Crippen molar-refractivity contribution in [3.05, 3.63) is 5.56 Å². The lowest BCUT2D eigenvalue weighted by Crippen LogP contribution is -2.39. The molecule has 1 aromatic heterocycles. The lowest BCUT2D eigenvalue weighted by atomic mass is 10.1. The topological polar surface area (TPSA) is 93.6 Å². The molecule has 0 aromatic carbocycles. The van der Waals surface area contributed by atoms with E-state index in [2.05, 4.69) is 5.10 Å². The van der Waals surface area contributed by atoms with Gasteiger partial charge in [-0.2, -0.15) is 5.10 Å². The van der Waals surface area contributed by atoms with Crippen molar-refractivity contribution in [2.24, 2.45) is 0 Å². The molecule has 2 heterocycles. The molecule has 0 saturated carbocycles. The highest BCUT2D eigenvalue weighted by molar-refractivity contribution is 5.99. The number of aliphatic hydroxyl groups excluding tert-OH is 1. The largest absolute Gasteiger partial charge is 0.465 e. The number of aliphatic hydroxyl groups is 1. The molecule has 0 spiro atoms.